The van der Waals surface area contributed by atoms with E-state index in [1.807, 2.05) is 53.9 Å². The van der Waals surface area contributed by atoms with Crippen LogP contribution in [0, 0.1) is 0 Å². The van der Waals surface area contributed by atoms with E-state index in [1.54, 1.807) is 23.6 Å². The fraction of sp³-hybridized carbons (Fsp3) is 0. The van der Waals surface area contributed by atoms with E-state index >= 15 is 0 Å². The van der Waals surface area contributed by atoms with E-state index in [1.165, 1.54) is 11.9 Å². The molecule has 0 unspecified atom stereocenters. The number of carbonyl (C=O) groups is 1. The van der Waals surface area contributed by atoms with Crippen molar-refractivity contribution in [1.82, 2.24) is 15.2 Å². The molecule has 3 aromatic rings. The third-order valence-corrected chi connectivity index (χ3v) is 4.41. The van der Waals surface area contributed by atoms with E-state index in [0.717, 1.165) is 15.5 Å². The number of hydrazine groups is 1. The molecule has 0 aliphatic carbocycles. The van der Waals surface area contributed by atoms with Gasteiger partial charge in [0, 0.05) is 27.6 Å². The SMILES string of the molecule is O=C(NNSc1ccccc1)c1cccc(-c2nccs2)c1. The summed E-state index contributed by atoms with van der Waals surface area (Å²) < 4.78 is 0. The van der Waals surface area contributed by atoms with Crippen LogP contribution in [-0.4, -0.2) is 10.9 Å². The molecule has 2 aromatic carbocycles. The second-order valence-electron chi connectivity index (χ2n) is 4.39. The number of aromatic nitrogens is 1. The van der Waals surface area contributed by atoms with Crippen LogP contribution < -0.4 is 10.3 Å². The lowest BCUT2D eigenvalue weighted by molar-refractivity contribution is 0.0947. The minimum atomic E-state index is -0.179. The smallest absolute Gasteiger partial charge is 0.266 e. The fourth-order valence-corrected chi connectivity index (χ4v) is 3.04. The van der Waals surface area contributed by atoms with Gasteiger partial charge in [-0.1, -0.05) is 30.3 Å². The van der Waals surface area contributed by atoms with E-state index in [-0.39, 0.29) is 5.91 Å². The second-order valence-corrected chi connectivity index (χ2v) is 6.16. The number of thiazole rings is 1. The molecule has 0 aliphatic heterocycles. The number of amides is 1. The van der Waals surface area contributed by atoms with E-state index in [9.17, 15) is 4.79 Å². The fourth-order valence-electron chi connectivity index (χ4n) is 1.85. The van der Waals surface area contributed by atoms with Crippen LogP contribution in [0.15, 0.2) is 71.1 Å². The molecule has 110 valence electrons. The number of rotatable bonds is 5. The molecule has 3 rings (SSSR count). The number of hydrogen-bond acceptors (Lipinski definition) is 5. The zero-order valence-electron chi connectivity index (χ0n) is 11.5. The van der Waals surface area contributed by atoms with Gasteiger partial charge >= 0.3 is 0 Å². The minimum Gasteiger partial charge on any atom is -0.277 e. The van der Waals surface area contributed by atoms with Crippen molar-refractivity contribution in [2.24, 2.45) is 0 Å². The molecule has 0 radical (unpaired) electrons. The molecule has 0 fully saturated rings. The van der Waals surface area contributed by atoms with E-state index in [2.05, 4.69) is 15.2 Å². The molecule has 0 saturated heterocycles. The summed E-state index contributed by atoms with van der Waals surface area (Å²) in [5.74, 6) is -0.179. The van der Waals surface area contributed by atoms with Crippen molar-refractivity contribution in [2.75, 3.05) is 0 Å². The summed E-state index contributed by atoms with van der Waals surface area (Å²) >= 11 is 2.90. The third kappa shape index (κ3) is 3.73. The van der Waals surface area contributed by atoms with Crippen molar-refractivity contribution in [2.45, 2.75) is 4.90 Å². The predicted octanol–water partition coefficient (Wildman–Crippen LogP) is 3.75. The van der Waals surface area contributed by atoms with Crippen LogP contribution in [0.2, 0.25) is 0 Å². The molecule has 4 nitrogen and oxygen atoms in total. The van der Waals surface area contributed by atoms with Gasteiger partial charge in [0.25, 0.3) is 5.91 Å². The van der Waals surface area contributed by atoms with Gasteiger partial charge in [0.05, 0.1) is 0 Å². The van der Waals surface area contributed by atoms with E-state index in [4.69, 9.17) is 0 Å². The number of benzene rings is 2. The van der Waals surface area contributed by atoms with Crippen molar-refractivity contribution in [3.8, 4) is 10.6 Å². The molecule has 2 N–H and O–H groups in total. The van der Waals surface area contributed by atoms with Gasteiger partial charge < -0.3 is 0 Å². The third-order valence-electron chi connectivity index (χ3n) is 2.88. The van der Waals surface area contributed by atoms with Gasteiger partial charge in [0.1, 0.15) is 5.01 Å². The van der Waals surface area contributed by atoms with Crippen LogP contribution in [0.1, 0.15) is 10.4 Å². The molecule has 0 bridgehead atoms. The Balaban J connectivity index is 1.62. The Hall–Kier alpha value is -2.15. The van der Waals surface area contributed by atoms with Gasteiger partial charge in [0.2, 0.25) is 0 Å². The Bertz CT molecular complexity index is 745. The average molecular weight is 327 g/mol. The highest BCUT2D eigenvalue weighted by Crippen LogP contribution is 2.22. The number of nitrogens with zero attached hydrogens (tertiary/aromatic N) is 1. The van der Waals surface area contributed by atoms with Crippen LogP contribution in [0.5, 0.6) is 0 Å². The second kappa shape index (κ2) is 7.22. The number of carbonyl (C=O) groups excluding carboxylic acids is 1. The molecule has 1 amide bonds. The lowest BCUT2D eigenvalue weighted by Gasteiger charge is -2.07. The first-order chi connectivity index (χ1) is 10.8. The molecule has 0 spiro atoms. The maximum absolute atomic E-state index is 12.2. The molecular formula is C16H13N3OS2. The largest absolute Gasteiger partial charge is 0.277 e. The Morgan fingerprint density at radius 2 is 1.95 bits per heavy atom. The standard InChI is InChI=1S/C16H13N3OS2/c20-15(18-19-22-14-7-2-1-3-8-14)12-5-4-6-13(11-12)16-17-9-10-21-16/h1-11,19H,(H,18,20). The highest BCUT2D eigenvalue weighted by Gasteiger charge is 2.08. The summed E-state index contributed by atoms with van der Waals surface area (Å²) in [4.78, 5) is 20.3. The maximum Gasteiger partial charge on any atom is 0.266 e. The quantitative estimate of drug-likeness (QED) is 0.553. The lowest BCUT2D eigenvalue weighted by atomic mass is 10.1. The van der Waals surface area contributed by atoms with Crippen molar-refractivity contribution in [3.63, 3.8) is 0 Å². The van der Waals surface area contributed by atoms with Crippen LogP contribution in [-0.2, 0) is 0 Å². The predicted molar refractivity (Wildman–Crippen MR) is 90.5 cm³/mol. The van der Waals surface area contributed by atoms with E-state index in [0.29, 0.717) is 5.56 Å². The van der Waals surface area contributed by atoms with Crippen LogP contribution in [0.3, 0.4) is 0 Å². The maximum atomic E-state index is 12.2. The highest BCUT2D eigenvalue weighted by atomic mass is 32.2. The summed E-state index contributed by atoms with van der Waals surface area (Å²) in [6.07, 6.45) is 1.75. The summed E-state index contributed by atoms with van der Waals surface area (Å²) in [5, 5.41) is 2.82. The van der Waals surface area contributed by atoms with Crippen molar-refractivity contribution in [1.29, 1.82) is 0 Å². The normalized spacial score (nSPS) is 10.4. The topological polar surface area (TPSA) is 54.0 Å². The Morgan fingerprint density at radius 3 is 2.73 bits per heavy atom. The molecule has 0 saturated carbocycles. The first kappa shape index (κ1) is 14.8. The summed E-state index contributed by atoms with van der Waals surface area (Å²) in [6.45, 7) is 0. The Labute approximate surface area is 136 Å². The summed E-state index contributed by atoms with van der Waals surface area (Å²) in [7, 11) is 0. The lowest BCUT2D eigenvalue weighted by Crippen LogP contribution is -2.32. The van der Waals surface area contributed by atoms with Gasteiger partial charge in [-0.2, -0.15) is 4.83 Å². The molecular weight excluding hydrogens is 314 g/mol. The zero-order chi connectivity index (χ0) is 15.2. The summed E-state index contributed by atoms with van der Waals surface area (Å²) in [6, 6.07) is 17.2. The minimum absolute atomic E-state index is 0.179. The van der Waals surface area contributed by atoms with Gasteiger partial charge in [0.15, 0.2) is 0 Å². The van der Waals surface area contributed by atoms with Crippen molar-refractivity contribution >= 4 is 29.2 Å². The number of hydrogen-bond donors (Lipinski definition) is 2. The first-order valence-corrected chi connectivity index (χ1v) is 8.30. The molecule has 0 atom stereocenters. The van der Waals surface area contributed by atoms with Gasteiger partial charge in [-0.15, -0.1) is 11.3 Å². The van der Waals surface area contributed by atoms with Gasteiger partial charge in [-0.05, 0) is 36.2 Å². The van der Waals surface area contributed by atoms with E-state index < -0.39 is 0 Å². The van der Waals surface area contributed by atoms with Crippen LogP contribution in [0.25, 0.3) is 10.6 Å². The van der Waals surface area contributed by atoms with Gasteiger partial charge in [-0.3, -0.25) is 10.2 Å². The zero-order valence-corrected chi connectivity index (χ0v) is 13.2. The Morgan fingerprint density at radius 1 is 1.09 bits per heavy atom. The number of nitrogens with one attached hydrogen (secondary N) is 2. The first-order valence-electron chi connectivity index (χ1n) is 6.60. The van der Waals surface area contributed by atoms with Crippen molar-refractivity contribution < 1.29 is 4.79 Å². The van der Waals surface area contributed by atoms with Crippen LogP contribution in [0.4, 0.5) is 0 Å². The molecule has 1 aromatic heterocycles. The highest BCUT2D eigenvalue weighted by molar-refractivity contribution is 7.97. The molecule has 1 heterocycles. The van der Waals surface area contributed by atoms with Gasteiger partial charge in [-0.25, -0.2) is 4.98 Å². The molecule has 6 heteroatoms. The van der Waals surface area contributed by atoms with Crippen LogP contribution >= 0.6 is 23.3 Å². The van der Waals surface area contributed by atoms with Crippen molar-refractivity contribution in [3.05, 3.63) is 71.7 Å². The molecule has 0 aliphatic rings. The summed E-state index contributed by atoms with van der Waals surface area (Å²) in [5.41, 5.74) is 4.21. The molecule has 22 heavy (non-hydrogen) atoms. The Kier molecular flexibility index (Phi) is 4.85. The monoisotopic (exact) mass is 327 g/mol. The average Bonchev–Trinajstić information content (AvgIpc) is 3.10.